The van der Waals surface area contributed by atoms with Crippen LogP contribution in [0.1, 0.15) is 5.69 Å². The first-order chi connectivity index (χ1) is 5.22. The van der Waals surface area contributed by atoms with E-state index >= 15 is 0 Å². The predicted octanol–water partition coefficient (Wildman–Crippen LogP) is 0.966. The molecule has 0 aliphatic heterocycles. The summed E-state index contributed by atoms with van der Waals surface area (Å²) in [4.78, 5) is 5.62. The van der Waals surface area contributed by atoms with Gasteiger partial charge in [-0.3, -0.25) is 0 Å². The fraction of sp³-hybridized carbons (Fsp3) is 0.500. The number of hydrogen-bond acceptors (Lipinski definition) is 2. The van der Waals surface area contributed by atoms with Crippen LogP contribution in [-0.2, 0) is 6.42 Å². The first-order valence-corrected chi connectivity index (χ1v) is 3.23. The molecular weight excluding hydrogens is 232 g/mol. The molecule has 1 heterocycles. The van der Waals surface area contributed by atoms with Crippen molar-refractivity contribution in [2.24, 2.45) is 5.73 Å². The maximum absolute atomic E-state index is 12.2. The maximum atomic E-state index is 12.2. The SMILES string of the molecule is Br.NC(CF)Cc1cnc(F)[nH]1. The lowest BCUT2D eigenvalue weighted by Gasteiger charge is -2.02. The van der Waals surface area contributed by atoms with E-state index in [-0.39, 0.29) is 23.4 Å². The van der Waals surface area contributed by atoms with Gasteiger partial charge >= 0.3 is 0 Å². The van der Waals surface area contributed by atoms with Crippen LogP contribution in [0.4, 0.5) is 8.78 Å². The maximum Gasteiger partial charge on any atom is 0.286 e. The fourth-order valence-corrected chi connectivity index (χ4v) is 0.772. The number of rotatable bonds is 3. The Morgan fingerprint density at radius 3 is 2.75 bits per heavy atom. The minimum Gasteiger partial charge on any atom is -0.325 e. The Hall–Kier alpha value is -0.490. The monoisotopic (exact) mass is 241 g/mol. The van der Waals surface area contributed by atoms with E-state index in [0.717, 1.165) is 0 Å². The standard InChI is InChI=1S/C6H9F2N3.BrH/c7-2-4(9)1-5-3-10-6(8)11-5;/h3-4H,1-2,9H2,(H,10,11);1H. The van der Waals surface area contributed by atoms with Gasteiger partial charge in [0.15, 0.2) is 0 Å². The highest BCUT2D eigenvalue weighted by Crippen LogP contribution is 1.98. The second kappa shape index (κ2) is 5.21. The average Bonchev–Trinajstić information content (AvgIpc) is 2.35. The molecule has 0 radical (unpaired) electrons. The predicted molar refractivity (Wildman–Crippen MR) is 46.5 cm³/mol. The van der Waals surface area contributed by atoms with E-state index in [1.807, 2.05) is 0 Å². The van der Waals surface area contributed by atoms with Gasteiger partial charge in [-0.25, -0.2) is 9.37 Å². The largest absolute Gasteiger partial charge is 0.325 e. The molecule has 0 saturated heterocycles. The fourth-order valence-electron chi connectivity index (χ4n) is 0.772. The van der Waals surface area contributed by atoms with Gasteiger partial charge in [0.2, 0.25) is 0 Å². The molecule has 12 heavy (non-hydrogen) atoms. The first-order valence-electron chi connectivity index (χ1n) is 3.23. The van der Waals surface area contributed by atoms with Gasteiger partial charge in [0, 0.05) is 18.2 Å². The molecule has 0 aromatic carbocycles. The third kappa shape index (κ3) is 3.27. The molecule has 1 rings (SSSR count). The number of aromatic nitrogens is 2. The summed E-state index contributed by atoms with van der Waals surface area (Å²) in [5.74, 6) is 0. The average molecular weight is 242 g/mol. The van der Waals surface area contributed by atoms with Crippen LogP contribution in [0.3, 0.4) is 0 Å². The van der Waals surface area contributed by atoms with Gasteiger partial charge < -0.3 is 10.7 Å². The minimum atomic E-state index is -0.661. The highest BCUT2D eigenvalue weighted by molar-refractivity contribution is 8.93. The lowest BCUT2D eigenvalue weighted by molar-refractivity contribution is 0.424. The summed E-state index contributed by atoms with van der Waals surface area (Å²) in [6.07, 6.45) is 0.934. The van der Waals surface area contributed by atoms with Gasteiger partial charge in [0.1, 0.15) is 6.67 Å². The van der Waals surface area contributed by atoms with Crippen molar-refractivity contribution in [1.29, 1.82) is 0 Å². The quantitative estimate of drug-likeness (QED) is 0.829. The lowest BCUT2D eigenvalue weighted by Crippen LogP contribution is -2.25. The van der Waals surface area contributed by atoms with Crippen molar-refractivity contribution in [1.82, 2.24) is 9.97 Å². The number of hydrogen-bond donors (Lipinski definition) is 2. The van der Waals surface area contributed by atoms with Crippen LogP contribution in [0.2, 0.25) is 0 Å². The van der Waals surface area contributed by atoms with Crippen molar-refractivity contribution in [3.63, 3.8) is 0 Å². The van der Waals surface area contributed by atoms with E-state index in [0.29, 0.717) is 5.69 Å². The van der Waals surface area contributed by atoms with Crippen molar-refractivity contribution in [3.8, 4) is 0 Å². The van der Waals surface area contributed by atoms with Gasteiger partial charge in [-0.2, -0.15) is 4.39 Å². The van der Waals surface area contributed by atoms with E-state index in [1.54, 1.807) is 0 Å². The molecule has 6 heteroatoms. The summed E-state index contributed by atoms with van der Waals surface area (Å²) < 4.78 is 24.0. The second-order valence-corrected chi connectivity index (χ2v) is 2.32. The minimum absolute atomic E-state index is 0. The molecule has 70 valence electrons. The summed E-state index contributed by atoms with van der Waals surface area (Å²) in [5.41, 5.74) is 5.79. The molecule has 1 aromatic rings. The third-order valence-corrected chi connectivity index (χ3v) is 1.28. The molecule has 0 aliphatic rings. The Bertz CT molecular complexity index is 228. The van der Waals surface area contributed by atoms with E-state index in [9.17, 15) is 8.78 Å². The molecule has 1 atom stereocenters. The highest BCUT2D eigenvalue weighted by atomic mass is 79.9. The molecule has 0 spiro atoms. The summed E-state index contributed by atoms with van der Waals surface area (Å²) in [6.45, 7) is -0.610. The Labute approximate surface area is 79.1 Å². The molecule has 3 N–H and O–H groups in total. The van der Waals surface area contributed by atoms with E-state index in [2.05, 4.69) is 9.97 Å². The number of aromatic amines is 1. The van der Waals surface area contributed by atoms with Crippen LogP contribution in [0.15, 0.2) is 6.20 Å². The Morgan fingerprint density at radius 2 is 2.33 bits per heavy atom. The Balaban J connectivity index is 0.00000121. The molecule has 1 aromatic heterocycles. The van der Waals surface area contributed by atoms with Gasteiger partial charge in [0.25, 0.3) is 6.08 Å². The first kappa shape index (κ1) is 11.5. The summed E-state index contributed by atoms with van der Waals surface area (Å²) in [5, 5.41) is 0. The van der Waals surface area contributed by atoms with Crippen molar-refractivity contribution in [2.75, 3.05) is 6.67 Å². The van der Waals surface area contributed by atoms with Crippen molar-refractivity contribution in [3.05, 3.63) is 18.0 Å². The molecule has 1 unspecified atom stereocenters. The van der Waals surface area contributed by atoms with Crippen molar-refractivity contribution < 1.29 is 8.78 Å². The number of H-pyrrole nitrogens is 1. The Kier molecular flexibility index (Phi) is 5.00. The van der Waals surface area contributed by atoms with Crippen LogP contribution >= 0.6 is 17.0 Å². The van der Waals surface area contributed by atoms with Gasteiger partial charge in [0.05, 0.1) is 6.20 Å². The summed E-state index contributed by atoms with van der Waals surface area (Å²) in [6, 6.07) is -0.574. The van der Waals surface area contributed by atoms with E-state index in [1.165, 1.54) is 6.20 Å². The number of nitrogens with zero attached hydrogens (tertiary/aromatic N) is 1. The molecular formula is C6H10BrF2N3. The third-order valence-electron chi connectivity index (χ3n) is 1.28. The van der Waals surface area contributed by atoms with Crippen LogP contribution < -0.4 is 5.73 Å². The number of nitrogens with one attached hydrogen (secondary N) is 1. The molecule has 0 fully saturated rings. The van der Waals surface area contributed by atoms with Crippen molar-refractivity contribution >= 4 is 17.0 Å². The highest BCUT2D eigenvalue weighted by Gasteiger charge is 2.05. The zero-order chi connectivity index (χ0) is 8.27. The Morgan fingerprint density at radius 1 is 1.67 bits per heavy atom. The molecule has 0 saturated carbocycles. The zero-order valence-corrected chi connectivity index (χ0v) is 7.97. The zero-order valence-electron chi connectivity index (χ0n) is 6.26. The molecule has 0 aliphatic carbocycles. The van der Waals surface area contributed by atoms with E-state index in [4.69, 9.17) is 5.73 Å². The number of imidazole rings is 1. The topological polar surface area (TPSA) is 54.7 Å². The van der Waals surface area contributed by atoms with Crippen LogP contribution in [0, 0.1) is 6.08 Å². The number of alkyl halides is 1. The van der Waals surface area contributed by atoms with Gasteiger partial charge in [-0.15, -0.1) is 17.0 Å². The number of halogens is 3. The summed E-state index contributed by atoms with van der Waals surface area (Å²) >= 11 is 0. The van der Waals surface area contributed by atoms with Crippen LogP contribution in [-0.4, -0.2) is 22.7 Å². The number of nitrogens with two attached hydrogens (primary N) is 1. The van der Waals surface area contributed by atoms with Crippen LogP contribution in [0.5, 0.6) is 0 Å². The molecule has 0 bridgehead atoms. The van der Waals surface area contributed by atoms with E-state index < -0.39 is 18.8 Å². The molecule has 3 nitrogen and oxygen atoms in total. The normalized spacial score (nSPS) is 12.2. The van der Waals surface area contributed by atoms with Crippen molar-refractivity contribution in [2.45, 2.75) is 12.5 Å². The van der Waals surface area contributed by atoms with Crippen LogP contribution in [0.25, 0.3) is 0 Å². The van der Waals surface area contributed by atoms with Gasteiger partial charge in [-0.05, 0) is 0 Å². The summed E-state index contributed by atoms with van der Waals surface area (Å²) in [7, 11) is 0. The molecule has 0 amide bonds. The second-order valence-electron chi connectivity index (χ2n) is 2.32. The smallest absolute Gasteiger partial charge is 0.286 e. The lowest BCUT2D eigenvalue weighted by atomic mass is 10.2. The van der Waals surface area contributed by atoms with Gasteiger partial charge in [-0.1, -0.05) is 0 Å².